The van der Waals surface area contributed by atoms with Gasteiger partial charge in [0, 0.05) is 66.8 Å². The van der Waals surface area contributed by atoms with Crippen LogP contribution in [0.4, 0.5) is 23.3 Å². The third-order valence-corrected chi connectivity index (χ3v) is 6.66. The number of carbonyl (C=O) groups is 1. The van der Waals surface area contributed by atoms with Crippen molar-refractivity contribution in [2.45, 2.75) is 46.5 Å². The average molecular weight is 579 g/mol. The highest BCUT2D eigenvalue weighted by molar-refractivity contribution is 5.99. The van der Waals surface area contributed by atoms with E-state index in [2.05, 4.69) is 53.2 Å². The summed E-state index contributed by atoms with van der Waals surface area (Å²) in [4.78, 5) is 32.2. The van der Waals surface area contributed by atoms with Crippen molar-refractivity contribution in [3.05, 3.63) is 96.1 Å². The van der Waals surface area contributed by atoms with Crippen LogP contribution in [-0.2, 0) is 0 Å². The Labute approximate surface area is 252 Å². The van der Waals surface area contributed by atoms with Crippen molar-refractivity contribution in [1.29, 1.82) is 0 Å². The molecule has 0 aliphatic carbocycles. The van der Waals surface area contributed by atoms with E-state index < -0.39 is 0 Å². The fourth-order valence-corrected chi connectivity index (χ4v) is 4.17. The maximum absolute atomic E-state index is 13.1. The van der Waals surface area contributed by atoms with Crippen LogP contribution >= 0.6 is 0 Å². The van der Waals surface area contributed by atoms with Gasteiger partial charge in [-0.15, -0.1) is 0 Å². The number of carbonyl (C=O) groups excluding carboxylic acids is 1. The summed E-state index contributed by atoms with van der Waals surface area (Å²) in [7, 11) is 1.84. The molecule has 0 bridgehead atoms. The van der Waals surface area contributed by atoms with E-state index in [0.717, 1.165) is 48.4 Å². The Balaban J connectivity index is 1.55. The van der Waals surface area contributed by atoms with E-state index in [9.17, 15) is 4.79 Å². The quantitative estimate of drug-likeness (QED) is 0.0898. The molecule has 1 amide bonds. The third-order valence-electron chi connectivity index (χ3n) is 6.66. The zero-order valence-corrected chi connectivity index (χ0v) is 25.1. The Hall–Kier alpha value is -5.19. The van der Waals surface area contributed by atoms with E-state index in [0.29, 0.717) is 28.8 Å². The maximum Gasteiger partial charge on any atom is 0.253 e. The minimum Gasteiger partial charge on any atom is -0.342 e. The molecule has 0 aliphatic rings. The number of hydrogen-bond acceptors (Lipinski definition) is 10. The van der Waals surface area contributed by atoms with Crippen molar-refractivity contribution in [2.24, 2.45) is 10.2 Å². The summed E-state index contributed by atoms with van der Waals surface area (Å²) < 4.78 is 0. The molecule has 222 valence electrons. The summed E-state index contributed by atoms with van der Waals surface area (Å²) in [5, 5.41) is 12.2. The summed E-state index contributed by atoms with van der Waals surface area (Å²) in [6.45, 7) is 6.69. The highest BCUT2D eigenvalue weighted by atomic mass is 16.2. The predicted octanol–water partition coefficient (Wildman–Crippen LogP) is 6.33. The molecule has 4 rings (SSSR count). The molecule has 43 heavy (non-hydrogen) atoms. The second kappa shape index (κ2) is 15.7. The number of hydrazone groups is 2. The van der Waals surface area contributed by atoms with Gasteiger partial charge in [-0.1, -0.05) is 32.3 Å². The van der Waals surface area contributed by atoms with Crippen molar-refractivity contribution in [2.75, 3.05) is 29.8 Å². The minimum atomic E-state index is -0.0271. The molecular formula is C32H38N10O. The van der Waals surface area contributed by atoms with Crippen LogP contribution in [0.5, 0.6) is 0 Å². The Morgan fingerprint density at radius 1 is 0.767 bits per heavy atom. The number of pyridine rings is 2. The van der Waals surface area contributed by atoms with Crippen molar-refractivity contribution in [3.8, 4) is 0 Å². The largest absolute Gasteiger partial charge is 0.342 e. The van der Waals surface area contributed by atoms with Gasteiger partial charge in [-0.3, -0.25) is 25.6 Å². The van der Waals surface area contributed by atoms with Crippen LogP contribution in [-0.4, -0.2) is 55.8 Å². The summed E-state index contributed by atoms with van der Waals surface area (Å²) in [5.74, 6) is 1.17. The number of rotatable bonds is 14. The molecule has 0 spiro atoms. The number of amides is 1. The lowest BCUT2D eigenvalue weighted by molar-refractivity contribution is 0.0792. The number of benzene rings is 1. The van der Waals surface area contributed by atoms with Gasteiger partial charge in [-0.05, 0) is 62.7 Å². The van der Waals surface area contributed by atoms with Gasteiger partial charge < -0.3 is 10.2 Å². The smallest absolute Gasteiger partial charge is 0.253 e. The number of anilines is 4. The molecule has 3 N–H and O–H groups in total. The molecule has 1 aromatic carbocycles. The van der Waals surface area contributed by atoms with E-state index in [1.54, 1.807) is 41.8 Å². The molecule has 4 aromatic rings. The van der Waals surface area contributed by atoms with E-state index in [4.69, 9.17) is 0 Å². The van der Waals surface area contributed by atoms with Gasteiger partial charge in [0.2, 0.25) is 5.95 Å². The normalized spacial score (nSPS) is 11.6. The van der Waals surface area contributed by atoms with Crippen LogP contribution < -0.4 is 16.2 Å². The molecule has 0 atom stereocenters. The Morgan fingerprint density at radius 3 is 1.91 bits per heavy atom. The standard InChI is InChI=1S/C32H38N10O/c1-5-6-7-8-20-42(4)31(43)27-10-9-11-28(21-27)35-32-36-29(40-38-23(2)25-12-16-33-17-13-25)22-30(37-32)41-39-24(3)26-14-18-34-19-15-26/h9-19,21-22H,5-8,20H2,1-4H3,(H3,35,36,37,40,41). The van der Waals surface area contributed by atoms with E-state index in [-0.39, 0.29) is 5.91 Å². The zero-order chi connectivity index (χ0) is 30.4. The average Bonchev–Trinajstić information content (AvgIpc) is 3.05. The molecule has 0 fully saturated rings. The summed E-state index contributed by atoms with van der Waals surface area (Å²) >= 11 is 0. The van der Waals surface area contributed by atoms with Crippen LogP contribution in [0.25, 0.3) is 0 Å². The fourth-order valence-electron chi connectivity index (χ4n) is 4.17. The van der Waals surface area contributed by atoms with Crippen molar-refractivity contribution < 1.29 is 4.79 Å². The van der Waals surface area contributed by atoms with Gasteiger partial charge in [0.1, 0.15) is 0 Å². The van der Waals surface area contributed by atoms with Crippen LogP contribution in [0.15, 0.2) is 89.6 Å². The van der Waals surface area contributed by atoms with Crippen molar-refractivity contribution >= 4 is 40.6 Å². The summed E-state index contributed by atoms with van der Waals surface area (Å²) in [5.41, 5.74) is 10.7. The maximum atomic E-state index is 13.1. The lowest BCUT2D eigenvalue weighted by Crippen LogP contribution is -2.27. The first-order chi connectivity index (χ1) is 20.9. The predicted molar refractivity (Wildman–Crippen MR) is 173 cm³/mol. The molecule has 0 unspecified atom stereocenters. The number of unbranched alkanes of at least 4 members (excludes halogenated alkanes) is 3. The van der Waals surface area contributed by atoms with E-state index in [1.807, 2.05) is 63.4 Å². The van der Waals surface area contributed by atoms with Crippen molar-refractivity contribution in [3.63, 3.8) is 0 Å². The van der Waals surface area contributed by atoms with Gasteiger partial charge in [-0.25, -0.2) is 0 Å². The minimum absolute atomic E-state index is 0.0271. The number of aromatic nitrogens is 4. The number of hydrogen-bond donors (Lipinski definition) is 3. The highest BCUT2D eigenvalue weighted by Gasteiger charge is 2.13. The first kappa shape index (κ1) is 30.8. The first-order valence-corrected chi connectivity index (χ1v) is 14.4. The lowest BCUT2D eigenvalue weighted by Gasteiger charge is -2.17. The van der Waals surface area contributed by atoms with Gasteiger partial charge in [-0.2, -0.15) is 20.2 Å². The SMILES string of the molecule is CCCCCCN(C)C(=O)c1cccc(Nc2nc(NN=C(C)c3ccncc3)cc(NN=C(C)c3ccncc3)n2)c1. The molecule has 0 radical (unpaired) electrons. The molecule has 3 aromatic heterocycles. The molecule has 0 aliphatic heterocycles. The number of nitrogens with zero attached hydrogens (tertiary/aromatic N) is 7. The van der Waals surface area contributed by atoms with Crippen molar-refractivity contribution in [1.82, 2.24) is 24.8 Å². The van der Waals surface area contributed by atoms with Gasteiger partial charge in [0.25, 0.3) is 5.91 Å². The van der Waals surface area contributed by atoms with Gasteiger partial charge >= 0.3 is 0 Å². The summed E-state index contributed by atoms with van der Waals surface area (Å²) in [6.07, 6.45) is 11.3. The molecule has 0 saturated carbocycles. The van der Waals surface area contributed by atoms with E-state index >= 15 is 0 Å². The third kappa shape index (κ3) is 9.42. The second-order valence-electron chi connectivity index (χ2n) is 10.0. The molecule has 11 nitrogen and oxygen atoms in total. The molecule has 3 heterocycles. The molecular weight excluding hydrogens is 540 g/mol. The van der Waals surface area contributed by atoms with Crippen LogP contribution in [0.1, 0.15) is 67.9 Å². The molecule has 0 saturated heterocycles. The fraction of sp³-hybridized carbons (Fsp3) is 0.281. The second-order valence-corrected chi connectivity index (χ2v) is 10.0. The van der Waals surface area contributed by atoms with Gasteiger partial charge in [0.15, 0.2) is 11.6 Å². The zero-order valence-electron chi connectivity index (χ0n) is 25.1. The lowest BCUT2D eigenvalue weighted by atomic mass is 10.1. The van der Waals surface area contributed by atoms with Crippen LogP contribution in [0, 0.1) is 0 Å². The van der Waals surface area contributed by atoms with Crippen LogP contribution in [0.2, 0.25) is 0 Å². The Bertz CT molecular complexity index is 1460. The summed E-state index contributed by atoms with van der Waals surface area (Å²) in [6, 6.07) is 16.6. The Morgan fingerprint density at radius 2 is 1.35 bits per heavy atom. The van der Waals surface area contributed by atoms with Crippen LogP contribution in [0.3, 0.4) is 0 Å². The molecule has 11 heteroatoms. The highest BCUT2D eigenvalue weighted by Crippen LogP contribution is 2.21. The Kier molecular flexibility index (Phi) is 11.2. The number of nitrogens with one attached hydrogen (secondary N) is 3. The topological polar surface area (TPSA) is 133 Å². The van der Waals surface area contributed by atoms with E-state index in [1.165, 1.54) is 6.42 Å². The first-order valence-electron chi connectivity index (χ1n) is 14.4. The monoisotopic (exact) mass is 578 g/mol. The van der Waals surface area contributed by atoms with Gasteiger partial charge in [0.05, 0.1) is 11.4 Å².